The van der Waals surface area contributed by atoms with Gasteiger partial charge in [0.2, 0.25) is 5.91 Å². The first-order valence-corrected chi connectivity index (χ1v) is 7.64. The number of hydrogen-bond acceptors (Lipinski definition) is 2. The lowest BCUT2D eigenvalue weighted by Gasteiger charge is -2.13. The van der Waals surface area contributed by atoms with Crippen LogP contribution in [-0.4, -0.2) is 19.0 Å². The zero-order chi connectivity index (χ0) is 14.9. The lowest BCUT2D eigenvalue weighted by Crippen LogP contribution is -2.34. The van der Waals surface area contributed by atoms with Gasteiger partial charge in [0, 0.05) is 12.1 Å². The first-order chi connectivity index (χ1) is 10.3. The Morgan fingerprint density at radius 3 is 2.86 bits per heavy atom. The van der Waals surface area contributed by atoms with Gasteiger partial charge >= 0.3 is 0 Å². The van der Waals surface area contributed by atoms with E-state index in [2.05, 4.69) is 16.7 Å². The predicted octanol–water partition coefficient (Wildman–Crippen LogP) is 2.92. The van der Waals surface area contributed by atoms with E-state index in [-0.39, 0.29) is 24.8 Å². The molecular weight excluding hydrogens is 267 g/mol. The van der Waals surface area contributed by atoms with Gasteiger partial charge in [0.25, 0.3) is 0 Å². The summed E-state index contributed by atoms with van der Waals surface area (Å²) in [7, 11) is 0. The van der Waals surface area contributed by atoms with Crippen molar-refractivity contribution in [3.63, 3.8) is 0 Å². The van der Waals surface area contributed by atoms with Crippen LogP contribution in [0.25, 0.3) is 0 Å². The first kappa shape index (κ1) is 15.7. The predicted molar refractivity (Wildman–Crippen MR) is 82.3 cm³/mol. The molecule has 1 aliphatic carbocycles. The van der Waals surface area contributed by atoms with Crippen LogP contribution in [0.5, 0.6) is 0 Å². The summed E-state index contributed by atoms with van der Waals surface area (Å²) in [6.45, 7) is 1.33. The van der Waals surface area contributed by atoms with Crippen LogP contribution in [0, 0.1) is 5.82 Å². The smallest absolute Gasteiger partial charge is 0.234 e. The Hall–Kier alpha value is -1.68. The third kappa shape index (κ3) is 5.68. The summed E-state index contributed by atoms with van der Waals surface area (Å²) in [5.41, 5.74) is 2.01. The minimum absolute atomic E-state index is 0.101. The van der Waals surface area contributed by atoms with Gasteiger partial charge < -0.3 is 10.6 Å². The Bertz CT molecular complexity index is 499. The fourth-order valence-corrected chi connectivity index (χ4v) is 2.48. The van der Waals surface area contributed by atoms with Crippen molar-refractivity contribution < 1.29 is 9.18 Å². The number of rotatable bonds is 7. The fourth-order valence-electron chi connectivity index (χ4n) is 2.48. The quantitative estimate of drug-likeness (QED) is 0.599. The van der Waals surface area contributed by atoms with Crippen molar-refractivity contribution in [2.75, 3.05) is 13.1 Å². The maximum absolute atomic E-state index is 13.4. The molecule has 1 amide bonds. The van der Waals surface area contributed by atoms with Crippen molar-refractivity contribution >= 4 is 5.91 Å². The maximum Gasteiger partial charge on any atom is 0.234 e. The van der Waals surface area contributed by atoms with E-state index in [9.17, 15) is 9.18 Å². The molecule has 1 aromatic rings. The summed E-state index contributed by atoms with van der Waals surface area (Å²) in [5.74, 6) is -0.383. The van der Waals surface area contributed by atoms with E-state index in [1.54, 1.807) is 18.2 Å². The second-order valence-electron chi connectivity index (χ2n) is 5.40. The van der Waals surface area contributed by atoms with Crippen molar-refractivity contribution in [3.8, 4) is 0 Å². The number of carbonyl (C=O) groups is 1. The molecule has 2 N–H and O–H groups in total. The lowest BCUT2D eigenvalue weighted by molar-refractivity contribution is -0.120. The molecule has 0 heterocycles. The van der Waals surface area contributed by atoms with Crippen LogP contribution in [-0.2, 0) is 11.3 Å². The van der Waals surface area contributed by atoms with Gasteiger partial charge in [-0.25, -0.2) is 4.39 Å². The van der Waals surface area contributed by atoms with E-state index in [4.69, 9.17) is 0 Å². The summed E-state index contributed by atoms with van der Waals surface area (Å²) in [6, 6.07) is 6.49. The van der Waals surface area contributed by atoms with Crippen molar-refractivity contribution in [1.29, 1.82) is 0 Å². The highest BCUT2D eigenvalue weighted by Crippen LogP contribution is 2.19. The molecule has 2 rings (SSSR count). The monoisotopic (exact) mass is 290 g/mol. The van der Waals surface area contributed by atoms with Crippen LogP contribution >= 0.6 is 0 Å². The Morgan fingerprint density at radius 1 is 1.24 bits per heavy atom. The van der Waals surface area contributed by atoms with Gasteiger partial charge in [0.05, 0.1) is 6.54 Å². The van der Waals surface area contributed by atoms with Crippen LogP contribution < -0.4 is 10.6 Å². The second-order valence-corrected chi connectivity index (χ2v) is 5.40. The molecule has 0 aliphatic heterocycles. The third-order valence-electron chi connectivity index (χ3n) is 3.73. The van der Waals surface area contributed by atoms with Crippen molar-refractivity contribution in [2.45, 2.75) is 38.6 Å². The Kier molecular flexibility index (Phi) is 6.41. The van der Waals surface area contributed by atoms with Crippen LogP contribution in [0.4, 0.5) is 4.39 Å². The summed E-state index contributed by atoms with van der Waals surface area (Å²) < 4.78 is 13.4. The summed E-state index contributed by atoms with van der Waals surface area (Å²) >= 11 is 0. The standard InChI is InChI=1S/C17H23FN2O/c18-16-9-5-4-8-15(16)12-20-17(21)13-19-11-10-14-6-2-1-3-7-14/h4-6,8-9,19H,1-3,7,10-13H2,(H,20,21). The van der Waals surface area contributed by atoms with Crippen LogP contribution in [0.3, 0.4) is 0 Å². The fraction of sp³-hybridized carbons (Fsp3) is 0.471. The highest BCUT2D eigenvalue weighted by Gasteiger charge is 2.05. The number of carbonyl (C=O) groups excluding carboxylic acids is 1. The minimum Gasteiger partial charge on any atom is -0.351 e. The van der Waals surface area contributed by atoms with E-state index in [0.29, 0.717) is 5.56 Å². The molecule has 0 saturated heterocycles. The largest absolute Gasteiger partial charge is 0.351 e. The van der Waals surface area contributed by atoms with Crippen molar-refractivity contribution in [3.05, 3.63) is 47.3 Å². The third-order valence-corrected chi connectivity index (χ3v) is 3.73. The van der Waals surface area contributed by atoms with E-state index in [1.165, 1.54) is 37.3 Å². The Balaban J connectivity index is 1.59. The molecule has 0 unspecified atom stereocenters. The van der Waals surface area contributed by atoms with Gasteiger partial charge in [-0.2, -0.15) is 0 Å². The zero-order valence-corrected chi connectivity index (χ0v) is 12.3. The molecule has 3 nitrogen and oxygen atoms in total. The summed E-state index contributed by atoms with van der Waals surface area (Å²) in [5, 5.41) is 5.86. The molecule has 0 radical (unpaired) electrons. The molecule has 4 heteroatoms. The van der Waals surface area contributed by atoms with E-state index >= 15 is 0 Å². The van der Waals surface area contributed by atoms with Gasteiger partial charge in [0.15, 0.2) is 0 Å². The SMILES string of the molecule is O=C(CNCCC1=CCCCC1)NCc1ccccc1F. The van der Waals surface area contributed by atoms with Crippen LogP contribution in [0.2, 0.25) is 0 Å². The molecule has 0 aromatic heterocycles. The van der Waals surface area contributed by atoms with E-state index in [0.717, 1.165) is 13.0 Å². The number of nitrogens with one attached hydrogen (secondary N) is 2. The molecule has 1 aromatic carbocycles. The molecule has 0 fully saturated rings. The molecule has 0 saturated carbocycles. The first-order valence-electron chi connectivity index (χ1n) is 7.64. The van der Waals surface area contributed by atoms with Crippen LogP contribution in [0.1, 0.15) is 37.7 Å². The molecule has 0 atom stereocenters. The lowest BCUT2D eigenvalue weighted by atomic mass is 9.97. The van der Waals surface area contributed by atoms with Gasteiger partial charge in [-0.1, -0.05) is 29.8 Å². The highest BCUT2D eigenvalue weighted by atomic mass is 19.1. The highest BCUT2D eigenvalue weighted by molar-refractivity contribution is 5.77. The van der Waals surface area contributed by atoms with E-state index < -0.39 is 0 Å². The minimum atomic E-state index is -0.282. The molecule has 0 spiro atoms. The summed E-state index contributed by atoms with van der Waals surface area (Å²) in [4.78, 5) is 11.7. The molecule has 1 aliphatic rings. The average molecular weight is 290 g/mol. The maximum atomic E-state index is 13.4. The van der Waals surface area contributed by atoms with Gasteiger partial charge in [-0.15, -0.1) is 0 Å². The number of halogens is 1. The number of allylic oxidation sites excluding steroid dienone is 1. The topological polar surface area (TPSA) is 41.1 Å². The zero-order valence-electron chi connectivity index (χ0n) is 12.3. The van der Waals surface area contributed by atoms with E-state index in [1.807, 2.05) is 0 Å². The molecule has 114 valence electrons. The molecular formula is C17H23FN2O. The van der Waals surface area contributed by atoms with Crippen molar-refractivity contribution in [1.82, 2.24) is 10.6 Å². The normalized spacial score (nSPS) is 14.6. The van der Waals surface area contributed by atoms with Gasteiger partial charge in [0.1, 0.15) is 5.82 Å². The van der Waals surface area contributed by atoms with Crippen LogP contribution in [0.15, 0.2) is 35.9 Å². The number of amides is 1. The Labute approximate surface area is 125 Å². The number of benzene rings is 1. The average Bonchev–Trinajstić information content (AvgIpc) is 2.52. The Morgan fingerprint density at radius 2 is 2.10 bits per heavy atom. The molecule has 21 heavy (non-hydrogen) atoms. The second kappa shape index (κ2) is 8.57. The summed E-state index contributed by atoms with van der Waals surface area (Å²) in [6.07, 6.45) is 8.31. The molecule has 0 bridgehead atoms. The van der Waals surface area contributed by atoms with Gasteiger partial charge in [-0.05, 0) is 44.7 Å². The van der Waals surface area contributed by atoms with Crippen molar-refractivity contribution in [2.24, 2.45) is 0 Å². The number of hydrogen-bond donors (Lipinski definition) is 2. The van der Waals surface area contributed by atoms with Gasteiger partial charge in [-0.3, -0.25) is 4.79 Å².